The number of aliphatic hydroxyl groups is 1. The number of carbonyl (C=O) groups is 1. The van der Waals surface area contributed by atoms with Gasteiger partial charge in [0.1, 0.15) is 5.69 Å². The van der Waals surface area contributed by atoms with Crippen molar-refractivity contribution in [3.05, 3.63) is 28.1 Å². The number of likely N-dealkylation sites (N-methyl/N-ethyl adjacent to an activating group) is 1. The first-order valence-electron chi connectivity index (χ1n) is 6.46. The van der Waals surface area contributed by atoms with Crippen LogP contribution in [-0.4, -0.2) is 57.7 Å². The van der Waals surface area contributed by atoms with Crippen molar-refractivity contribution in [3.63, 3.8) is 0 Å². The van der Waals surface area contributed by atoms with Crippen molar-refractivity contribution < 1.29 is 14.8 Å². The molecule has 0 unspecified atom stereocenters. The molecule has 20 heavy (non-hydrogen) atoms. The molecule has 8 heteroatoms. The molecule has 1 saturated heterocycles. The van der Waals surface area contributed by atoms with Gasteiger partial charge in [0.25, 0.3) is 11.6 Å². The third kappa shape index (κ3) is 2.52. The van der Waals surface area contributed by atoms with Crippen molar-refractivity contribution in [1.29, 1.82) is 0 Å². The zero-order chi connectivity index (χ0) is 14.9. The van der Waals surface area contributed by atoms with Gasteiger partial charge in [0, 0.05) is 32.7 Å². The second-order valence-electron chi connectivity index (χ2n) is 4.84. The molecule has 2 rings (SSSR count). The Kier molecular flexibility index (Phi) is 4.05. The van der Waals surface area contributed by atoms with E-state index in [1.54, 1.807) is 11.6 Å². The van der Waals surface area contributed by atoms with Gasteiger partial charge in [0.05, 0.1) is 23.3 Å². The lowest BCUT2D eigenvalue weighted by molar-refractivity contribution is -0.384. The number of hydrogen-bond acceptors (Lipinski definition) is 5. The van der Waals surface area contributed by atoms with Crippen LogP contribution in [0.1, 0.15) is 17.4 Å². The molecule has 2 heterocycles. The number of nitro groups is 1. The van der Waals surface area contributed by atoms with Crippen molar-refractivity contribution >= 4 is 11.6 Å². The van der Waals surface area contributed by atoms with Gasteiger partial charge in [-0.25, -0.2) is 0 Å². The molecule has 0 aromatic carbocycles. The summed E-state index contributed by atoms with van der Waals surface area (Å²) < 4.78 is 1.55. The zero-order valence-electron chi connectivity index (χ0n) is 11.4. The van der Waals surface area contributed by atoms with E-state index in [1.165, 1.54) is 17.2 Å². The smallest absolute Gasteiger partial charge is 0.287 e. The summed E-state index contributed by atoms with van der Waals surface area (Å²) in [6.45, 7) is 3.23. The van der Waals surface area contributed by atoms with E-state index in [4.69, 9.17) is 0 Å². The van der Waals surface area contributed by atoms with Crippen molar-refractivity contribution in [2.75, 3.05) is 20.1 Å². The second kappa shape index (κ2) is 5.59. The minimum Gasteiger partial charge on any atom is -0.390 e. The number of nitrogens with one attached hydrogen (secondary N) is 1. The highest BCUT2D eigenvalue weighted by Crippen LogP contribution is 2.19. The van der Waals surface area contributed by atoms with Gasteiger partial charge in [0.15, 0.2) is 0 Å². The van der Waals surface area contributed by atoms with Crippen LogP contribution in [0, 0.1) is 10.1 Å². The van der Waals surface area contributed by atoms with Gasteiger partial charge in [-0.1, -0.05) is 0 Å². The molecule has 110 valence electrons. The molecule has 0 radical (unpaired) electrons. The van der Waals surface area contributed by atoms with Gasteiger partial charge in [-0.3, -0.25) is 14.9 Å². The quantitative estimate of drug-likeness (QED) is 0.589. The SMILES string of the molecule is CCn1cc([N+](=O)[O-])cc1C(=O)N(C)[C@H]1CNC[C@@H]1O. The Morgan fingerprint density at radius 1 is 1.65 bits per heavy atom. The average molecular weight is 282 g/mol. The monoisotopic (exact) mass is 282 g/mol. The predicted octanol–water partition coefficient (Wildman–Crippen LogP) is -0.179. The normalized spacial score (nSPS) is 21.9. The van der Waals surface area contributed by atoms with Crippen LogP contribution in [0.2, 0.25) is 0 Å². The number of nitrogens with zero attached hydrogens (tertiary/aromatic N) is 3. The number of aryl methyl sites for hydroxylation is 1. The standard InChI is InChI=1S/C12H18N4O4/c1-3-15-7-8(16(19)20)4-9(15)12(18)14(2)10-5-13-6-11(10)17/h4,7,10-11,13,17H,3,5-6H2,1-2H3/t10-,11-/m0/s1. The molecule has 0 saturated carbocycles. The van der Waals surface area contributed by atoms with Gasteiger partial charge in [-0.2, -0.15) is 0 Å². The van der Waals surface area contributed by atoms with Crippen LogP contribution < -0.4 is 5.32 Å². The summed E-state index contributed by atoms with van der Waals surface area (Å²) in [7, 11) is 1.60. The largest absolute Gasteiger partial charge is 0.390 e. The number of hydrogen-bond donors (Lipinski definition) is 2. The fourth-order valence-electron chi connectivity index (χ4n) is 2.41. The number of β-amino-alcohol motifs (C(OH)–C–C–N with tert-alkyl or cyclic N) is 1. The highest BCUT2D eigenvalue weighted by Gasteiger charge is 2.33. The molecule has 8 nitrogen and oxygen atoms in total. The summed E-state index contributed by atoms with van der Waals surface area (Å²) in [6.07, 6.45) is 0.730. The lowest BCUT2D eigenvalue weighted by Gasteiger charge is -2.26. The third-order valence-electron chi connectivity index (χ3n) is 3.62. The van der Waals surface area contributed by atoms with Crippen LogP contribution in [0.25, 0.3) is 0 Å². The fraction of sp³-hybridized carbons (Fsp3) is 0.583. The maximum atomic E-state index is 12.4. The van der Waals surface area contributed by atoms with E-state index in [2.05, 4.69) is 5.32 Å². The van der Waals surface area contributed by atoms with E-state index >= 15 is 0 Å². The first-order chi connectivity index (χ1) is 9.45. The summed E-state index contributed by atoms with van der Waals surface area (Å²) >= 11 is 0. The van der Waals surface area contributed by atoms with Crippen LogP contribution in [0.4, 0.5) is 5.69 Å². The molecule has 2 atom stereocenters. The van der Waals surface area contributed by atoms with E-state index < -0.39 is 11.0 Å². The molecule has 0 spiro atoms. The second-order valence-corrected chi connectivity index (χ2v) is 4.84. The maximum Gasteiger partial charge on any atom is 0.287 e. The van der Waals surface area contributed by atoms with Gasteiger partial charge < -0.3 is 19.9 Å². The van der Waals surface area contributed by atoms with Crippen LogP contribution in [-0.2, 0) is 6.54 Å². The molecule has 1 aromatic heterocycles. The highest BCUT2D eigenvalue weighted by atomic mass is 16.6. The van der Waals surface area contributed by atoms with Crippen molar-refractivity contribution in [1.82, 2.24) is 14.8 Å². The molecular formula is C12H18N4O4. The average Bonchev–Trinajstić information content (AvgIpc) is 3.02. The zero-order valence-corrected chi connectivity index (χ0v) is 11.4. The molecule has 1 amide bonds. The Bertz CT molecular complexity index is 528. The summed E-state index contributed by atoms with van der Waals surface area (Å²) in [5.74, 6) is -0.326. The third-order valence-corrected chi connectivity index (χ3v) is 3.62. The van der Waals surface area contributed by atoms with Gasteiger partial charge in [-0.15, -0.1) is 0 Å². The number of carbonyl (C=O) groups excluding carboxylic acids is 1. The van der Waals surface area contributed by atoms with Crippen LogP contribution >= 0.6 is 0 Å². The van der Waals surface area contributed by atoms with E-state index in [0.717, 1.165) is 0 Å². The summed E-state index contributed by atoms with van der Waals surface area (Å²) in [5.41, 5.74) is 0.162. The summed E-state index contributed by atoms with van der Waals surface area (Å²) in [4.78, 5) is 24.2. The van der Waals surface area contributed by atoms with E-state index in [9.17, 15) is 20.0 Å². The molecule has 1 aromatic rings. The first kappa shape index (κ1) is 14.5. The number of amides is 1. The van der Waals surface area contributed by atoms with E-state index in [1.807, 2.05) is 6.92 Å². The van der Waals surface area contributed by atoms with Crippen molar-refractivity contribution in [2.24, 2.45) is 0 Å². The van der Waals surface area contributed by atoms with Gasteiger partial charge >= 0.3 is 0 Å². The van der Waals surface area contributed by atoms with E-state index in [0.29, 0.717) is 19.6 Å². The minimum absolute atomic E-state index is 0.103. The van der Waals surface area contributed by atoms with Crippen LogP contribution in [0.5, 0.6) is 0 Å². The molecule has 2 N–H and O–H groups in total. The van der Waals surface area contributed by atoms with Crippen molar-refractivity contribution in [3.8, 4) is 0 Å². The fourth-order valence-corrected chi connectivity index (χ4v) is 2.41. The Labute approximate surface area is 116 Å². The number of rotatable bonds is 4. The summed E-state index contributed by atoms with van der Waals surface area (Å²) in [6, 6.07) is 0.957. The summed E-state index contributed by atoms with van der Waals surface area (Å²) in [5, 5.41) is 23.6. The molecular weight excluding hydrogens is 264 g/mol. The lowest BCUT2D eigenvalue weighted by Crippen LogP contribution is -2.44. The molecule has 1 aliphatic heterocycles. The Morgan fingerprint density at radius 2 is 2.35 bits per heavy atom. The minimum atomic E-state index is -0.621. The molecule has 0 bridgehead atoms. The Hall–Kier alpha value is -1.93. The predicted molar refractivity (Wildman–Crippen MR) is 71.5 cm³/mol. The Morgan fingerprint density at radius 3 is 2.85 bits per heavy atom. The van der Waals surface area contributed by atoms with Gasteiger partial charge in [-0.05, 0) is 6.92 Å². The van der Waals surface area contributed by atoms with Crippen molar-refractivity contribution in [2.45, 2.75) is 25.6 Å². The Balaban J connectivity index is 2.25. The van der Waals surface area contributed by atoms with E-state index in [-0.39, 0.29) is 23.3 Å². The van der Waals surface area contributed by atoms with Crippen LogP contribution in [0.15, 0.2) is 12.3 Å². The molecule has 0 aliphatic carbocycles. The molecule has 1 aliphatic rings. The number of aliphatic hydroxyl groups excluding tert-OH is 1. The molecule has 1 fully saturated rings. The topological polar surface area (TPSA) is 101 Å². The first-order valence-corrected chi connectivity index (χ1v) is 6.46. The van der Waals surface area contributed by atoms with Crippen LogP contribution in [0.3, 0.4) is 0 Å². The lowest BCUT2D eigenvalue weighted by atomic mass is 10.2. The number of aromatic nitrogens is 1. The maximum absolute atomic E-state index is 12.4. The highest BCUT2D eigenvalue weighted by molar-refractivity contribution is 5.93. The van der Waals surface area contributed by atoms with Gasteiger partial charge in [0.2, 0.25) is 0 Å².